The van der Waals surface area contributed by atoms with E-state index in [1.807, 2.05) is 13.0 Å². The van der Waals surface area contributed by atoms with Crippen molar-refractivity contribution >= 4 is 17.4 Å². The number of halogens is 2. The third kappa shape index (κ3) is 2.84. The van der Waals surface area contributed by atoms with Crippen LogP contribution in [0, 0.1) is 12.7 Å². The third-order valence-electron chi connectivity index (χ3n) is 2.83. The SMILES string of the molecule is Cc1cnc(N)c(C(NN)c2cc(Cl)ccc2F)c1. The molecule has 1 aromatic carbocycles. The second-order valence-corrected chi connectivity index (χ2v) is 4.69. The van der Waals surface area contributed by atoms with Gasteiger partial charge in [0.25, 0.3) is 0 Å². The largest absolute Gasteiger partial charge is 0.383 e. The number of hydrogen-bond donors (Lipinski definition) is 3. The van der Waals surface area contributed by atoms with Gasteiger partial charge in [-0.15, -0.1) is 0 Å². The van der Waals surface area contributed by atoms with Gasteiger partial charge in [-0.3, -0.25) is 5.84 Å². The molecule has 5 N–H and O–H groups in total. The summed E-state index contributed by atoms with van der Waals surface area (Å²) < 4.78 is 13.9. The van der Waals surface area contributed by atoms with E-state index < -0.39 is 11.9 Å². The summed E-state index contributed by atoms with van der Waals surface area (Å²) in [4.78, 5) is 4.05. The first-order chi connectivity index (χ1) is 9.02. The summed E-state index contributed by atoms with van der Waals surface area (Å²) in [5.41, 5.74) is 10.2. The zero-order chi connectivity index (χ0) is 14.0. The van der Waals surface area contributed by atoms with E-state index in [4.69, 9.17) is 23.2 Å². The molecule has 1 aromatic heterocycles. The van der Waals surface area contributed by atoms with E-state index in [1.165, 1.54) is 18.2 Å². The summed E-state index contributed by atoms with van der Waals surface area (Å²) in [7, 11) is 0. The minimum atomic E-state index is -0.605. The maximum atomic E-state index is 13.9. The fourth-order valence-electron chi connectivity index (χ4n) is 1.92. The Morgan fingerprint density at radius 2 is 2.05 bits per heavy atom. The van der Waals surface area contributed by atoms with Crippen LogP contribution in [0.1, 0.15) is 22.7 Å². The summed E-state index contributed by atoms with van der Waals surface area (Å²) in [6.45, 7) is 1.87. The highest BCUT2D eigenvalue weighted by Gasteiger charge is 2.20. The summed E-state index contributed by atoms with van der Waals surface area (Å²) in [6, 6.07) is 5.50. The zero-order valence-electron chi connectivity index (χ0n) is 10.3. The number of hydrogen-bond acceptors (Lipinski definition) is 4. The van der Waals surface area contributed by atoms with Crippen LogP contribution in [0.5, 0.6) is 0 Å². The monoisotopic (exact) mass is 280 g/mol. The van der Waals surface area contributed by atoms with Crippen molar-refractivity contribution in [3.63, 3.8) is 0 Å². The van der Waals surface area contributed by atoms with Gasteiger partial charge < -0.3 is 5.73 Å². The molecule has 4 nitrogen and oxygen atoms in total. The average Bonchev–Trinajstić information content (AvgIpc) is 2.38. The van der Waals surface area contributed by atoms with Crippen molar-refractivity contribution in [3.8, 4) is 0 Å². The maximum absolute atomic E-state index is 13.9. The number of nitrogens with one attached hydrogen (secondary N) is 1. The van der Waals surface area contributed by atoms with E-state index >= 15 is 0 Å². The number of anilines is 1. The van der Waals surface area contributed by atoms with Crippen LogP contribution in [0.25, 0.3) is 0 Å². The third-order valence-corrected chi connectivity index (χ3v) is 3.07. The van der Waals surface area contributed by atoms with Crippen LogP contribution < -0.4 is 17.0 Å². The van der Waals surface area contributed by atoms with Crippen LogP contribution in [0.4, 0.5) is 10.2 Å². The molecule has 2 rings (SSSR count). The Morgan fingerprint density at radius 1 is 1.32 bits per heavy atom. The Bertz CT molecular complexity index is 552. The lowest BCUT2D eigenvalue weighted by atomic mass is 9.98. The van der Waals surface area contributed by atoms with Gasteiger partial charge in [0.1, 0.15) is 11.6 Å². The first-order valence-corrected chi connectivity index (χ1v) is 6.04. The molecule has 6 heteroatoms. The van der Waals surface area contributed by atoms with E-state index in [-0.39, 0.29) is 0 Å². The normalized spacial score (nSPS) is 12.4. The Morgan fingerprint density at radius 3 is 2.74 bits per heavy atom. The highest BCUT2D eigenvalue weighted by Crippen LogP contribution is 2.29. The van der Waals surface area contributed by atoms with Crippen LogP contribution in [-0.2, 0) is 0 Å². The van der Waals surface area contributed by atoms with E-state index in [9.17, 15) is 4.39 Å². The number of aromatic nitrogens is 1. The molecule has 0 aliphatic heterocycles. The molecular formula is C13H14ClFN4. The smallest absolute Gasteiger partial charge is 0.128 e. The average molecular weight is 281 g/mol. The predicted molar refractivity (Wildman–Crippen MR) is 74.0 cm³/mol. The molecule has 0 aliphatic carbocycles. The lowest BCUT2D eigenvalue weighted by Crippen LogP contribution is -2.30. The zero-order valence-corrected chi connectivity index (χ0v) is 11.1. The van der Waals surface area contributed by atoms with Crippen LogP contribution in [0.2, 0.25) is 5.02 Å². The van der Waals surface area contributed by atoms with E-state index in [1.54, 1.807) is 6.20 Å². The molecular weight excluding hydrogens is 267 g/mol. The van der Waals surface area contributed by atoms with Crippen molar-refractivity contribution in [1.82, 2.24) is 10.4 Å². The highest BCUT2D eigenvalue weighted by atomic mass is 35.5. The van der Waals surface area contributed by atoms with Gasteiger partial charge in [-0.2, -0.15) is 0 Å². The second kappa shape index (κ2) is 5.52. The van der Waals surface area contributed by atoms with E-state index in [0.717, 1.165) is 5.56 Å². The molecule has 1 heterocycles. The van der Waals surface area contributed by atoms with Gasteiger partial charge in [0.2, 0.25) is 0 Å². The molecule has 1 unspecified atom stereocenters. The fourth-order valence-corrected chi connectivity index (χ4v) is 2.10. The van der Waals surface area contributed by atoms with Gasteiger partial charge in [-0.05, 0) is 36.8 Å². The number of rotatable bonds is 3. The molecule has 19 heavy (non-hydrogen) atoms. The predicted octanol–water partition coefficient (Wildman–Crippen LogP) is 2.32. The second-order valence-electron chi connectivity index (χ2n) is 4.25. The van der Waals surface area contributed by atoms with Crippen LogP contribution in [-0.4, -0.2) is 4.98 Å². The van der Waals surface area contributed by atoms with Gasteiger partial charge in [0.15, 0.2) is 0 Å². The van der Waals surface area contributed by atoms with Gasteiger partial charge in [-0.25, -0.2) is 14.8 Å². The molecule has 0 saturated carbocycles. The quantitative estimate of drug-likeness (QED) is 0.596. The first-order valence-electron chi connectivity index (χ1n) is 5.66. The molecule has 0 radical (unpaired) electrons. The molecule has 1 atom stereocenters. The topological polar surface area (TPSA) is 77.0 Å². The Hall–Kier alpha value is -1.69. The van der Waals surface area contributed by atoms with Crippen molar-refractivity contribution in [2.45, 2.75) is 13.0 Å². The number of pyridine rings is 1. The number of nitrogen functional groups attached to an aromatic ring is 1. The molecule has 0 spiro atoms. The number of nitrogens with two attached hydrogens (primary N) is 2. The summed E-state index contributed by atoms with van der Waals surface area (Å²) >= 11 is 5.89. The maximum Gasteiger partial charge on any atom is 0.128 e. The standard InChI is InChI=1S/C13H14ClFN4/c1-7-4-10(13(16)18-6-7)12(19-17)9-5-8(14)2-3-11(9)15/h2-6,12,19H,17H2,1H3,(H2,16,18). The van der Waals surface area contributed by atoms with Gasteiger partial charge in [0, 0.05) is 22.3 Å². The molecule has 0 amide bonds. The number of aryl methyl sites for hydroxylation is 1. The van der Waals surface area contributed by atoms with Gasteiger partial charge >= 0.3 is 0 Å². The number of benzene rings is 1. The van der Waals surface area contributed by atoms with Crippen LogP contribution in [0.15, 0.2) is 30.5 Å². The summed E-state index contributed by atoms with van der Waals surface area (Å²) in [5, 5.41) is 0.427. The molecule has 0 saturated heterocycles. The Kier molecular flexibility index (Phi) is 3.99. The lowest BCUT2D eigenvalue weighted by Gasteiger charge is -2.19. The number of nitrogens with zero attached hydrogens (tertiary/aromatic N) is 1. The molecule has 0 bridgehead atoms. The lowest BCUT2D eigenvalue weighted by molar-refractivity contribution is 0.560. The molecule has 0 aliphatic rings. The van der Waals surface area contributed by atoms with Gasteiger partial charge in [0.05, 0.1) is 6.04 Å². The molecule has 0 fully saturated rings. The molecule has 2 aromatic rings. The Balaban J connectivity index is 2.55. The highest BCUT2D eigenvalue weighted by molar-refractivity contribution is 6.30. The fraction of sp³-hybridized carbons (Fsp3) is 0.154. The Labute approximate surface area is 115 Å². The van der Waals surface area contributed by atoms with Crippen molar-refractivity contribution in [3.05, 3.63) is 58.0 Å². The minimum absolute atomic E-state index is 0.299. The van der Waals surface area contributed by atoms with Crippen molar-refractivity contribution in [2.75, 3.05) is 5.73 Å². The van der Waals surface area contributed by atoms with Crippen molar-refractivity contribution in [1.29, 1.82) is 0 Å². The first kappa shape index (κ1) is 13.7. The van der Waals surface area contributed by atoms with E-state index in [2.05, 4.69) is 10.4 Å². The van der Waals surface area contributed by atoms with Crippen molar-refractivity contribution < 1.29 is 4.39 Å². The van der Waals surface area contributed by atoms with Crippen molar-refractivity contribution in [2.24, 2.45) is 5.84 Å². The van der Waals surface area contributed by atoms with Crippen LogP contribution >= 0.6 is 11.6 Å². The van der Waals surface area contributed by atoms with Crippen LogP contribution in [0.3, 0.4) is 0 Å². The van der Waals surface area contributed by atoms with E-state index in [0.29, 0.717) is 22.0 Å². The number of hydrazine groups is 1. The minimum Gasteiger partial charge on any atom is -0.383 e. The van der Waals surface area contributed by atoms with Gasteiger partial charge in [-0.1, -0.05) is 11.6 Å². The summed E-state index contributed by atoms with van der Waals surface area (Å²) in [5.74, 6) is 5.42. The molecule has 100 valence electrons. The summed E-state index contributed by atoms with van der Waals surface area (Å²) in [6.07, 6.45) is 1.64.